The van der Waals surface area contributed by atoms with Crippen LogP contribution in [0.1, 0.15) is 20.8 Å². The molecule has 0 radical (unpaired) electrons. The van der Waals surface area contributed by atoms with Gasteiger partial charge in [-0.1, -0.05) is 6.58 Å². The third-order valence-electron chi connectivity index (χ3n) is 4.15. The van der Waals surface area contributed by atoms with Crippen molar-refractivity contribution in [3.63, 3.8) is 0 Å². The minimum atomic E-state index is -1.06. The number of anilines is 1. The van der Waals surface area contributed by atoms with Gasteiger partial charge in [-0.2, -0.15) is 0 Å². The minimum absolute atomic E-state index is 0.0334. The van der Waals surface area contributed by atoms with Gasteiger partial charge in [0.1, 0.15) is 33.5 Å². The molecular weight excluding hydrogens is 600 g/mol. The summed E-state index contributed by atoms with van der Waals surface area (Å²) in [5.41, 5.74) is -0.572. The molecule has 12 heteroatoms. The number of rotatable bonds is 14. The van der Waals surface area contributed by atoms with Gasteiger partial charge >= 0.3 is 0 Å². The number of hydrogen-bond donors (Lipinski definition) is 0. The fraction of sp³-hybridized carbons (Fsp3) is 0.478. The molecule has 0 spiro atoms. The van der Waals surface area contributed by atoms with Crippen molar-refractivity contribution in [3.8, 4) is 5.75 Å². The molecule has 0 fully saturated rings. The number of imide groups is 1. The van der Waals surface area contributed by atoms with E-state index in [0.29, 0.717) is 30.5 Å². The molecule has 1 heterocycles. The van der Waals surface area contributed by atoms with Gasteiger partial charge in [-0.25, -0.2) is 13.7 Å². The first-order chi connectivity index (χ1) is 16.4. The second-order valence-corrected chi connectivity index (χ2v) is 9.78. The van der Waals surface area contributed by atoms with Crippen LogP contribution in [0.5, 0.6) is 5.75 Å². The average Bonchev–Trinajstić information content (AvgIpc) is 2.94. The summed E-state index contributed by atoms with van der Waals surface area (Å²) in [4.78, 5) is 24.9. The molecule has 35 heavy (non-hydrogen) atoms. The van der Waals surface area contributed by atoms with Gasteiger partial charge in [0, 0.05) is 12.1 Å². The predicted octanol–water partition coefficient (Wildman–Crippen LogP) is 4.60. The molecule has 1 aromatic carbocycles. The van der Waals surface area contributed by atoms with Crippen molar-refractivity contribution in [1.29, 1.82) is 0 Å². The Balaban J connectivity index is 1.63. The number of hydrogen-bond acceptors (Lipinski definition) is 7. The molecule has 0 bridgehead atoms. The standard InChI is InChI=1S/C23H27Br2F2NO7/c1-14(35-23(2,3)4)13-33-8-7-31-5-6-32-9-10-34-20-16(26)11-15(12-17(20)27)28-21(29)18(24)19(25)22(28)30/h11-12H,1,5-10,13H2,2-4H3. The lowest BCUT2D eigenvalue weighted by Crippen LogP contribution is -2.31. The number of nitrogens with zero attached hydrogens (tertiary/aromatic N) is 1. The van der Waals surface area contributed by atoms with Gasteiger partial charge in [0.05, 0.1) is 38.7 Å². The third kappa shape index (κ3) is 8.94. The SMILES string of the molecule is C=C(COCCOCCOCCOc1c(F)cc(N2C(=O)C(Br)=C(Br)C2=O)cc1F)OC(C)(C)C. The zero-order chi connectivity index (χ0) is 26.2. The van der Waals surface area contributed by atoms with E-state index in [9.17, 15) is 18.4 Å². The van der Waals surface area contributed by atoms with E-state index in [-0.39, 0.29) is 46.7 Å². The number of carbonyl (C=O) groups is 2. The summed E-state index contributed by atoms with van der Waals surface area (Å²) in [5, 5.41) is 0. The second-order valence-electron chi connectivity index (χ2n) is 8.19. The molecule has 1 aromatic rings. The number of ether oxygens (including phenoxy) is 5. The van der Waals surface area contributed by atoms with Crippen LogP contribution in [0.2, 0.25) is 0 Å². The fourth-order valence-corrected chi connectivity index (χ4v) is 3.51. The van der Waals surface area contributed by atoms with Crippen molar-refractivity contribution in [3.05, 3.63) is 45.1 Å². The van der Waals surface area contributed by atoms with Gasteiger partial charge in [-0.3, -0.25) is 9.59 Å². The molecule has 1 aliphatic heterocycles. The molecule has 0 saturated heterocycles. The highest BCUT2D eigenvalue weighted by Gasteiger charge is 2.37. The van der Waals surface area contributed by atoms with Crippen LogP contribution in [0.25, 0.3) is 0 Å². The maximum Gasteiger partial charge on any atom is 0.273 e. The molecule has 194 valence electrons. The Morgan fingerprint density at radius 3 is 1.83 bits per heavy atom. The van der Waals surface area contributed by atoms with E-state index in [1.54, 1.807) is 0 Å². The Kier molecular flexibility index (Phi) is 11.3. The molecule has 8 nitrogen and oxygen atoms in total. The van der Waals surface area contributed by atoms with E-state index < -0.39 is 29.2 Å². The van der Waals surface area contributed by atoms with Crippen LogP contribution in [0.4, 0.5) is 14.5 Å². The van der Waals surface area contributed by atoms with Crippen molar-refractivity contribution < 1.29 is 42.1 Å². The number of halogens is 4. The van der Waals surface area contributed by atoms with Crippen molar-refractivity contribution >= 4 is 49.4 Å². The zero-order valence-corrected chi connectivity index (χ0v) is 22.8. The first-order valence-corrected chi connectivity index (χ1v) is 12.2. The van der Waals surface area contributed by atoms with E-state index in [4.69, 9.17) is 23.7 Å². The summed E-state index contributed by atoms with van der Waals surface area (Å²) in [5.74, 6) is -3.68. The highest BCUT2D eigenvalue weighted by atomic mass is 79.9. The van der Waals surface area contributed by atoms with Crippen molar-refractivity contribution in [2.45, 2.75) is 26.4 Å². The Bertz CT molecular complexity index is 932. The molecule has 0 saturated carbocycles. The van der Waals surface area contributed by atoms with Crippen LogP contribution in [0.15, 0.2) is 33.4 Å². The van der Waals surface area contributed by atoms with Gasteiger partial charge < -0.3 is 23.7 Å². The van der Waals surface area contributed by atoms with Crippen LogP contribution >= 0.6 is 31.9 Å². The Labute approximate surface area is 219 Å². The summed E-state index contributed by atoms with van der Waals surface area (Å²) in [7, 11) is 0. The minimum Gasteiger partial charge on any atom is -0.491 e. The molecular formula is C23H27Br2F2NO7. The lowest BCUT2D eigenvalue weighted by Gasteiger charge is -2.22. The smallest absolute Gasteiger partial charge is 0.273 e. The zero-order valence-electron chi connectivity index (χ0n) is 19.6. The van der Waals surface area contributed by atoms with Gasteiger partial charge in [0.15, 0.2) is 17.4 Å². The predicted molar refractivity (Wildman–Crippen MR) is 132 cm³/mol. The van der Waals surface area contributed by atoms with Crippen molar-refractivity contribution in [2.75, 3.05) is 51.1 Å². The van der Waals surface area contributed by atoms with Crippen LogP contribution in [0.3, 0.4) is 0 Å². The molecule has 0 aliphatic carbocycles. The molecule has 0 N–H and O–H groups in total. The number of amides is 2. The first-order valence-electron chi connectivity index (χ1n) is 10.6. The third-order valence-corrected chi connectivity index (χ3v) is 6.15. The molecule has 0 unspecified atom stereocenters. The lowest BCUT2D eigenvalue weighted by atomic mass is 10.2. The molecule has 0 atom stereocenters. The lowest BCUT2D eigenvalue weighted by molar-refractivity contribution is -0.120. The summed E-state index contributed by atoms with van der Waals surface area (Å²) >= 11 is 5.92. The molecule has 2 rings (SSSR count). The Hall–Kier alpha value is -1.86. The van der Waals surface area contributed by atoms with E-state index in [1.807, 2.05) is 20.8 Å². The highest BCUT2D eigenvalue weighted by Crippen LogP contribution is 2.35. The maximum atomic E-state index is 14.4. The van der Waals surface area contributed by atoms with Gasteiger partial charge in [-0.05, 0) is 52.6 Å². The first kappa shape index (κ1) is 29.4. The number of benzene rings is 1. The van der Waals surface area contributed by atoms with Crippen molar-refractivity contribution in [2.24, 2.45) is 0 Å². The largest absolute Gasteiger partial charge is 0.491 e. The van der Waals surface area contributed by atoms with E-state index in [2.05, 4.69) is 38.4 Å². The monoisotopic (exact) mass is 625 g/mol. The second kappa shape index (κ2) is 13.4. The summed E-state index contributed by atoms with van der Waals surface area (Å²) < 4.78 is 55.4. The highest BCUT2D eigenvalue weighted by molar-refractivity contribution is 9.14. The van der Waals surface area contributed by atoms with Gasteiger partial charge in [-0.15, -0.1) is 0 Å². The molecule has 2 amide bonds. The average molecular weight is 627 g/mol. The Morgan fingerprint density at radius 1 is 0.886 bits per heavy atom. The Morgan fingerprint density at radius 2 is 1.34 bits per heavy atom. The van der Waals surface area contributed by atoms with Gasteiger partial charge in [0.2, 0.25) is 0 Å². The summed E-state index contributed by atoms with van der Waals surface area (Å²) in [6.45, 7) is 11.1. The van der Waals surface area contributed by atoms with E-state index in [0.717, 1.165) is 12.1 Å². The summed E-state index contributed by atoms with van der Waals surface area (Å²) in [6.07, 6.45) is 0. The van der Waals surface area contributed by atoms with Crippen LogP contribution in [-0.2, 0) is 28.5 Å². The molecule has 1 aliphatic rings. The molecule has 0 aromatic heterocycles. The fourth-order valence-electron chi connectivity index (χ4n) is 2.82. The topological polar surface area (TPSA) is 83.5 Å². The van der Waals surface area contributed by atoms with Gasteiger partial charge in [0.25, 0.3) is 11.8 Å². The maximum absolute atomic E-state index is 14.4. The van der Waals surface area contributed by atoms with Crippen LogP contribution in [0, 0.1) is 11.6 Å². The summed E-state index contributed by atoms with van der Waals surface area (Å²) in [6, 6.07) is 1.70. The van der Waals surface area contributed by atoms with Crippen molar-refractivity contribution in [1.82, 2.24) is 0 Å². The number of carbonyl (C=O) groups excluding carboxylic acids is 2. The normalized spacial score (nSPS) is 14.2. The van der Waals surface area contributed by atoms with E-state index in [1.165, 1.54) is 0 Å². The van der Waals surface area contributed by atoms with Crippen LogP contribution in [-0.4, -0.2) is 63.7 Å². The van der Waals surface area contributed by atoms with Crippen LogP contribution < -0.4 is 9.64 Å². The quantitative estimate of drug-likeness (QED) is 0.170. The van der Waals surface area contributed by atoms with E-state index >= 15 is 0 Å².